The van der Waals surface area contributed by atoms with Crippen molar-refractivity contribution in [3.63, 3.8) is 0 Å². The van der Waals surface area contributed by atoms with Crippen molar-refractivity contribution in [3.05, 3.63) is 35.8 Å². The SMILES string of the molecule is CCC(CC)n1cc(C=O)c(-c2cncc(C)c2)n1. The van der Waals surface area contributed by atoms with Crippen molar-refractivity contribution >= 4 is 6.29 Å². The number of hydrogen-bond acceptors (Lipinski definition) is 3. The summed E-state index contributed by atoms with van der Waals surface area (Å²) in [5, 5.41) is 4.58. The molecule has 0 aliphatic carbocycles. The topological polar surface area (TPSA) is 47.8 Å². The molecule has 100 valence electrons. The molecule has 0 aliphatic rings. The summed E-state index contributed by atoms with van der Waals surface area (Å²) in [4.78, 5) is 15.4. The van der Waals surface area contributed by atoms with E-state index in [-0.39, 0.29) is 0 Å². The van der Waals surface area contributed by atoms with Crippen LogP contribution in [0.5, 0.6) is 0 Å². The molecule has 2 aromatic heterocycles. The second kappa shape index (κ2) is 5.78. The summed E-state index contributed by atoms with van der Waals surface area (Å²) in [6, 6.07) is 2.34. The number of nitrogens with zero attached hydrogens (tertiary/aromatic N) is 3. The van der Waals surface area contributed by atoms with Gasteiger partial charge in [-0.25, -0.2) is 0 Å². The maximum Gasteiger partial charge on any atom is 0.153 e. The first-order valence-electron chi connectivity index (χ1n) is 6.65. The third-order valence-electron chi connectivity index (χ3n) is 3.35. The minimum Gasteiger partial charge on any atom is -0.298 e. The molecule has 0 aromatic carbocycles. The summed E-state index contributed by atoms with van der Waals surface area (Å²) in [7, 11) is 0. The molecule has 2 heterocycles. The van der Waals surface area contributed by atoms with Gasteiger partial charge >= 0.3 is 0 Å². The quantitative estimate of drug-likeness (QED) is 0.771. The number of carbonyl (C=O) groups excluding carboxylic acids is 1. The first kappa shape index (κ1) is 13.5. The Kier molecular flexibility index (Phi) is 4.10. The average molecular weight is 257 g/mol. The number of carbonyl (C=O) groups is 1. The van der Waals surface area contributed by atoms with E-state index in [1.807, 2.05) is 23.9 Å². The van der Waals surface area contributed by atoms with Crippen molar-refractivity contribution in [2.24, 2.45) is 0 Å². The van der Waals surface area contributed by atoms with E-state index < -0.39 is 0 Å². The van der Waals surface area contributed by atoms with E-state index in [1.165, 1.54) is 0 Å². The molecule has 0 spiro atoms. The van der Waals surface area contributed by atoms with Gasteiger partial charge in [-0.1, -0.05) is 13.8 Å². The predicted molar refractivity (Wildman–Crippen MR) is 75.2 cm³/mol. The number of aldehydes is 1. The average Bonchev–Trinajstić information content (AvgIpc) is 2.84. The predicted octanol–water partition coefficient (Wildman–Crippen LogP) is 3.43. The highest BCUT2D eigenvalue weighted by molar-refractivity contribution is 5.85. The zero-order valence-corrected chi connectivity index (χ0v) is 11.6. The number of pyridine rings is 1. The number of hydrogen-bond donors (Lipinski definition) is 0. The van der Waals surface area contributed by atoms with E-state index in [2.05, 4.69) is 23.9 Å². The molecule has 2 rings (SSSR count). The molecule has 19 heavy (non-hydrogen) atoms. The third kappa shape index (κ3) is 2.72. The van der Waals surface area contributed by atoms with E-state index in [4.69, 9.17) is 0 Å². The monoisotopic (exact) mass is 257 g/mol. The summed E-state index contributed by atoms with van der Waals surface area (Å²) in [5.74, 6) is 0. The lowest BCUT2D eigenvalue weighted by Crippen LogP contribution is -2.07. The first-order valence-corrected chi connectivity index (χ1v) is 6.65. The fraction of sp³-hybridized carbons (Fsp3) is 0.400. The van der Waals surface area contributed by atoms with Crippen LogP contribution in [0.15, 0.2) is 24.7 Å². The van der Waals surface area contributed by atoms with E-state index in [1.54, 1.807) is 12.4 Å². The van der Waals surface area contributed by atoms with E-state index in [0.717, 1.165) is 35.9 Å². The molecule has 0 saturated heterocycles. The smallest absolute Gasteiger partial charge is 0.153 e. The molecule has 0 N–H and O–H groups in total. The molecular weight excluding hydrogens is 238 g/mol. The van der Waals surface area contributed by atoms with Gasteiger partial charge in [0, 0.05) is 24.2 Å². The third-order valence-corrected chi connectivity index (χ3v) is 3.35. The van der Waals surface area contributed by atoms with Crippen molar-refractivity contribution in [1.29, 1.82) is 0 Å². The van der Waals surface area contributed by atoms with Crippen LogP contribution in [0.1, 0.15) is 48.7 Å². The number of aromatic nitrogens is 3. The van der Waals surface area contributed by atoms with Gasteiger partial charge < -0.3 is 0 Å². The molecule has 0 bridgehead atoms. The lowest BCUT2D eigenvalue weighted by Gasteiger charge is -2.12. The van der Waals surface area contributed by atoms with Gasteiger partial charge in [0.05, 0.1) is 11.6 Å². The highest BCUT2D eigenvalue weighted by atomic mass is 16.1. The van der Waals surface area contributed by atoms with Gasteiger partial charge in [0.2, 0.25) is 0 Å². The zero-order chi connectivity index (χ0) is 13.8. The Bertz CT molecular complexity index is 571. The Morgan fingerprint density at radius 3 is 2.63 bits per heavy atom. The van der Waals surface area contributed by atoms with Crippen molar-refractivity contribution in [2.75, 3.05) is 0 Å². The van der Waals surface area contributed by atoms with Gasteiger partial charge in [0.1, 0.15) is 5.69 Å². The van der Waals surface area contributed by atoms with Gasteiger partial charge in [0.15, 0.2) is 6.29 Å². The van der Waals surface area contributed by atoms with Crippen LogP contribution in [0.25, 0.3) is 11.3 Å². The minimum atomic E-state index is 0.338. The molecule has 0 radical (unpaired) electrons. The minimum absolute atomic E-state index is 0.338. The van der Waals surface area contributed by atoms with Crippen LogP contribution in [0.3, 0.4) is 0 Å². The van der Waals surface area contributed by atoms with E-state index >= 15 is 0 Å². The van der Waals surface area contributed by atoms with Crippen LogP contribution >= 0.6 is 0 Å². The standard InChI is InChI=1S/C15H19N3O/c1-4-14(5-2)18-9-13(10-19)15(17-18)12-6-11(3)7-16-8-12/h6-10,14H,4-5H2,1-3H3. The molecule has 0 aliphatic heterocycles. The first-order chi connectivity index (χ1) is 9.19. The van der Waals surface area contributed by atoms with E-state index in [9.17, 15) is 4.79 Å². The molecule has 4 nitrogen and oxygen atoms in total. The molecule has 0 saturated carbocycles. The summed E-state index contributed by atoms with van der Waals surface area (Å²) in [6.45, 7) is 6.24. The normalized spacial score (nSPS) is 10.9. The Morgan fingerprint density at radius 2 is 2.05 bits per heavy atom. The molecule has 0 amide bonds. The highest BCUT2D eigenvalue weighted by Crippen LogP contribution is 2.24. The Balaban J connectivity index is 2.48. The number of aryl methyl sites for hydroxylation is 1. The fourth-order valence-corrected chi connectivity index (χ4v) is 2.25. The van der Waals surface area contributed by atoms with Crippen LogP contribution in [0.4, 0.5) is 0 Å². The van der Waals surface area contributed by atoms with Gasteiger partial charge in [-0.2, -0.15) is 5.10 Å². The molecule has 0 atom stereocenters. The summed E-state index contributed by atoms with van der Waals surface area (Å²) >= 11 is 0. The molecule has 0 unspecified atom stereocenters. The van der Waals surface area contributed by atoms with Gasteiger partial charge in [-0.3, -0.25) is 14.5 Å². The summed E-state index contributed by atoms with van der Waals surface area (Å²) in [5.41, 5.74) is 3.30. The second-order valence-electron chi connectivity index (χ2n) is 4.75. The van der Waals surface area contributed by atoms with Crippen LogP contribution in [0, 0.1) is 6.92 Å². The molecule has 0 fully saturated rings. The maximum atomic E-state index is 11.2. The van der Waals surface area contributed by atoms with Crippen LogP contribution in [-0.2, 0) is 0 Å². The van der Waals surface area contributed by atoms with Crippen molar-refractivity contribution in [2.45, 2.75) is 39.7 Å². The van der Waals surface area contributed by atoms with Crippen molar-refractivity contribution in [1.82, 2.24) is 14.8 Å². The fourth-order valence-electron chi connectivity index (χ4n) is 2.25. The van der Waals surface area contributed by atoms with E-state index in [0.29, 0.717) is 11.6 Å². The maximum absolute atomic E-state index is 11.2. The van der Waals surface area contributed by atoms with Crippen LogP contribution in [0.2, 0.25) is 0 Å². The zero-order valence-electron chi connectivity index (χ0n) is 11.6. The highest BCUT2D eigenvalue weighted by Gasteiger charge is 2.15. The lowest BCUT2D eigenvalue weighted by atomic mass is 10.1. The summed E-state index contributed by atoms with van der Waals surface area (Å²) < 4.78 is 1.90. The second-order valence-corrected chi connectivity index (χ2v) is 4.75. The molecular formula is C15H19N3O. The number of rotatable bonds is 5. The van der Waals surface area contributed by atoms with Gasteiger partial charge in [-0.05, 0) is 31.4 Å². The lowest BCUT2D eigenvalue weighted by molar-refractivity contribution is 0.112. The van der Waals surface area contributed by atoms with Gasteiger partial charge in [0.25, 0.3) is 0 Å². The Morgan fingerprint density at radius 1 is 1.32 bits per heavy atom. The Hall–Kier alpha value is -1.97. The van der Waals surface area contributed by atoms with Crippen molar-refractivity contribution in [3.8, 4) is 11.3 Å². The largest absolute Gasteiger partial charge is 0.298 e. The van der Waals surface area contributed by atoms with Crippen molar-refractivity contribution < 1.29 is 4.79 Å². The van der Waals surface area contributed by atoms with Gasteiger partial charge in [-0.15, -0.1) is 0 Å². The van der Waals surface area contributed by atoms with Crippen LogP contribution < -0.4 is 0 Å². The van der Waals surface area contributed by atoms with Crippen LogP contribution in [-0.4, -0.2) is 21.1 Å². The summed E-state index contributed by atoms with van der Waals surface area (Å²) in [6.07, 6.45) is 8.25. The Labute approximate surface area is 113 Å². The molecule has 4 heteroatoms. The molecule has 2 aromatic rings.